The van der Waals surface area contributed by atoms with Crippen molar-refractivity contribution in [3.8, 4) is 0 Å². The third kappa shape index (κ3) is 2.52. The lowest BCUT2D eigenvalue weighted by atomic mass is 9.97. The molecule has 0 unspecified atom stereocenters. The summed E-state index contributed by atoms with van der Waals surface area (Å²) in [6.45, 7) is 5.00. The fourth-order valence-electron chi connectivity index (χ4n) is 1.33. The van der Waals surface area contributed by atoms with Gasteiger partial charge in [0.1, 0.15) is 0 Å². The van der Waals surface area contributed by atoms with Gasteiger partial charge in [-0.2, -0.15) is 0 Å². The van der Waals surface area contributed by atoms with Gasteiger partial charge in [0.15, 0.2) is 0 Å². The van der Waals surface area contributed by atoms with Gasteiger partial charge in [0.25, 0.3) is 0 Å². The Morgan fingerprint density at radius 1 is 1.64 bits per heavy atom. The van der Waals surface area contributed by atoms with E-state index in [-0.39, 0.29) is 11.9 Å². The molecule has 1 fully saturated rings. The van der Waals surface area contributed by atoms with Gasteiger partial charge in [-0.3, -0.25) is 4.79 Å². The van der Waals surface area contributed by atoms with Crippen LogP contribution in [0.5, 0.6) is 0 Å². The minimum atomic E-state index is 0.0191. The molecule has 0 spiro atoms. The minimum absolute atomic E-state index is 0.0191. The van der Waals surface area contributed by atoms with E-state index in [1.165, 1.54) is 0 Å². The van der Waals surface area contributed by atoms with Crippen molar-refractivity contribution < 1.29 is 9.53 Å². The number of carbonyl (C=O) groups is 1. The van der Waals surface area contributed by atoms with Gasteiger partial charge in [0, 0.05) is 0 Å². The van der Waals surface area contributed by atoms with Crippen LogP contribution in [0.1, 0.15) is 33.1 Å². The van der Waals surface area contributed by atoms with Gasteiger partial charge >= 0.3 is 5.97 Å². The summed E-state index contributed by atoms with van der Waals surface area (Å²) < 4.78 is 4.86. The fraction of sp³-hybridized carbons (Fsp3) is 0.889. The second kappa shape index (κ2) is 3.74. The van der Waals surface area contributed by atoms with Crippen LogP contribution in [0, 0.1) is 11.8 Å². The van der Waals surface area contributed by atoms with Crippen LogP contribution in [0.25, 0.3) is 0 Å². The molecule has 0 radical (unpaired) electrons. The average molecular weight is 156 g/mol. The third-order valence-electron chi connectivity index (χ3n) is 2.14. The Kier molecular flexibility index (Phi) is 2.92. The van der Waals surface area contributed by atoms with E-state index in [2.05, 4.69) is 13.8 Å². The van der Waals surface area contributed by atoms with Crippen molar-refractivity contribution in [2.75, 3.05) is 6.61 Å². The number of hydrogen-bond donors (Lipinski definition) is 0. The maximum absolute atomic E-state index is 11.0. The largest absolute Gasteiger partial charge is 0.465 e. The Labute approximate surface area is 67.9 Å². The first-order chi connectivity index (χ1) is 5.20. The smallest absolute Gasteiger partial charge is 0.309 e. The zero-order chi connectivity index (χ0) is 8.27. The number of carbonyl (C=O) groups excluding carboxylic acids is 1. The molecule has 1 heterocycles. The van der Waals surface area contributed by atoms with Gasteiger partial charge in [-0.25, -0.2) is 0 Å². The molecule has 11 heavy (non-hydrogen) atoms. The first-order valence-corrected chi connectivity index (χ1v) is 4.37. The molecule has 0 amide bonds. The summed E-state index contributed by atoms with van der Waals surface area (Å²) in [6, 6.07) is 0. The van der Waals surface area contributed by atoms with Crippen LogP contribution in [0.3, 0.4) is 0 Å². The molecule has 0 aromatic carbocycles. The highest BCUT2D eigenvalue weighted by atomic mass is 16.5. The van der Waals surface area contributed by atoms with Crippen molar-refractivity contribution >= 4 is 5.97 Å². The maximum Gasteiger partial charge on any atom is 0.309 e. The Balaban J connectivity index is 2.20. The number of esters is 1. The molecule has 1 atom stereocenters. The number of rotatable bonds is 3. The first kappa shape index (κ1) is 8.57. The van der Waals surface area contributed by atoms with Gasteiger partial charge in [-0.1, -0.05) is 20.3 Å². The van der Waals surface area contributed by atoms with Crippen LogP contribution in [0.15, 0.2) is 0 Å². The van der Waals surface area contributed by atoms with Gasteiger partial charge < -0.3 is 4.74 Å². The molecule has 0 aromatic rings. The monoisotopic (exact) mass is 156 g/mol. The van der Waals surface area contributed by atoms with Crippen LogP contribution in [0.2, 0.25) is 0 Å². The summed E-state index contributed by atoms with van der Waals surface area (Å²) in [7, 11) is 0. The normalized spacial score (nSPS) is 24.3. The molecule has 1 aliphatic heterocycles. The van der Waals surface area contributed by atoms with Crippen LogP contribution in [-0.2, 0) is 9.53 Å². The molecule has 0 aromatic heterocycles. The van der Waals surface area contributed by atoms with Crippen molar-refractivity contribution in [3.63, 3.8) is 0 Å². The maximum atomic E-state index is 11.0. The van der Waals surface area contributed by atoms with Crippen LogP contribution in [0.4, 0.5) is 0 Å². The molecule has 0 saturated carbocycles. The summed E-state index contributed by atoms with van der Waals surface area (Å²) in [6.07, 6.45) is 3.09. The summed E-state index contributed by atoms with van der Waals surface area (Å²) in [5.41, 5.74) is 0. The Morgan fingerprint density at radius 3 is 2.82 bits per heavy atom. The lowest BCUT2D eigenvalue weighted by Crippen LogP contribution is -2.08. The average Bonchev–Trinajstić information content (AvgIpc) is 2.31. The minimum Gasteiger partial charge on any atom is -0.465 e. The molecule has 2 heteroatoms. The topological polar surface area (TPSA) is 26.3 Å². The summed E-state index contributed by atoms with van der Waals surface area (Å²) >= 11 is 0. The molecular formula is C9H16O2. The molecule has 0 N–H and O–H groups in total. The summed E-state index contributed by atoms with van der Waals surface area (Å²) in [5, 5.41) is 0. The molecule has 64 valence electrons. The lowest BCUT2D eigenvalue weighted by molar-refractivity contribution is -0.141. The van der Waals surface area contributed by atoms with E-state index >= 15 is 0 Å². The molecule has 1 aliphatic rings. The van der Waals surface area contributed by atoms with Crippen molar-refractivity contribution in [1.82, 2.24) is 0 Å². The van der Waals surface area contributed by atoms with E-state index in [4.69, 9.17) is 4.74 Å². The number of hydrogen-bond acceptors (Lipinski definition) is 2. The second-order valence-electron chi connectivity index (χ2n) is 3.62. The highest BCUT2D eigenvalue weighted by Gasteiger charge is 2.25. The molecule has 2 nitrogen and oxygen atoms in total. The van der Waals surface area contributed by atoms with Gasteiger partial charge in [0.05, 0.1) is 12.5 Å². The van der Waals surface area contributed by atoms with Crippen LogP contribution >= 0.6 is 0 Å². The molecule has 1 rings (SSSR count). The molecule has 0 bridgehead atoms. The van der Waals surface area contributed by atoms with E-state index < -0.39 is 0 Å². The molecule has 1 saturated heterocycles. The third-order valence-corrected chi connectivity index (χ3v) is 2.14. The molecule has 0 aliphatic carbocycles. The van der Waals surface area contributed by atoms with Crippen LogP contribution in [-0.4, -0.2) is 12.6 Å². The predicted octanol–water partition coefficient (Wildman–Crippen LogP) is 1.99. The van der Waals surface area contributed by atoms with E-state index in [1.807, 2.05) is 0 Å². The Morgan fingerprint density at radius 2 is 2.36 bits per heavy atom. The highest BCUT2D eigenvalue weighted by Crippen LogP contribution is 2.21. The second-order valence-corrected chi connectivity index (χ2v) is 3.62. The zero-order valence-corrected chi connectivity index (χ0v) is 7.30. The lowest BCUT2D eigenvalue weighted by Gasteiger charge is -2.06. The van der Waals surface area contributed by atoms with E-state index in [1.54, 1.807) is 0 Å². The number of cyclic esters (lactones) is 1. The zero-order valence-electron chi connectivity index (χ0n) is 7.30. The van der Waals surface area contributed by atoms with E-state index in [0.717, 1.165) is 19.3 Å². The van der Waals surface area contributed by atoms with Crippen molar-refractivity contribution in [3.05, 3.63) is 0 Å². The van der Waals surface area contributed by atoms with Crippen molar-refractivity contribution in [2.45, 2.75) is 33.1 Å². The van der Waals surface area contributed by atoms with Gasteiger partial charge in [-0.15, -0.1) is 0 Å². The quantitative estimate of drug-likeness (QED) is 0.584. The van der Waals surface area contributed by atoms with Crippen molar-refractivity contribution in [1.29, 1.82) is 0 Å². The molecular weight excluding hydrogens is 140 g/mol. The van der Waals surface area contributed by atoms with Crippen LogP contribution < -0.4 is 0 Å². The van der Waals surface area contributed by atoms with Gasteiger partial charge in [0.2, 0.25) is 0 Å². The van der Waals surface area contributed by atoms with Crippen molar-refractivity contribution in [2.24, 2.45) is 11.8 Å². The first-order valence-electron chi connectivity index (χ1n) is 4.37. The highest BCUT2D eigenvalue weighted by molar-refractivity contribution is 5.73. The standard InChI is InChI=1S/C9H16O2/c1-7(2)3-4-8-5-6-11-9(8)10/h7-8H,3-6H2,1-2H3/t8-/m1/s1. The predicted molar refractivity (Wildman–Crippen MR) is 43.1 cm³/mol. The number of ether oxygens (including phenoxy) is 1. The van der Waals surface area contributed by atoms with Gasteiger partial charge in [-0.05, 0) is 18.8 Å². The van der Waals surface area contributed by atoms with E-state index in [0.29, 0.717) is 12.5 Å². The Hall–Kier alpha value is -0.530. The summed E-state index contributed by atoms with van der Waals surface area (Å²) in [4.78, 5) is 11.0. The Bertz CT molecular complexity index is 140. The van der Waals surface area contributed by atoms with E-state index in [9.17, 15) is 4.79 Å². The summed E-state index contributed by atoms with van der Waals surface area (Å²) in [5.74, 6) is 0.923. The SMILES string of the molecule is CC(C)CC[C@@H]1CCOC1=O. The fourth-order valence-corrected chi connectivity index (χ4v) is 1.33.